The summed E-state index contributed by atoms with van der Waals surface area (Å²) in [6.07, 6.45) is -1.27. The number of ether oxygens (including phenoxy) is 1. The van der Waals surface area contributed by atoms with Crippen molar-refractivity contribution in [3.05, 3.63) is 77.5 Å². The van der Waals surface area contributed by atoms with Crippen molar-refractivity contribution >= 4 is 10.9 Å². The molecule has 3 aromatic rings. The molecule has 1 aromatic heterocycles. The second-order valence-electron chi connectivity index (χ2n) is 7.60. The third-order valence-electron chi connectivity index (χ3n) is 5.71. The lowest BCUT2D eigenvalue weighted by Crippen LogP contribution is -2.43. The summed E-state index contributed by atoms with van der Waals surface area (Å²) in [4.78, 5) is 4.05. The van der Waals surface area contributed by atoms with E-state index < -0.39 is 11.7 Å². The number of alkyl halides is 3. The molecule has 6 heteroatoms. The number of hydrogen-bond donors (Lipinski definition) is 1. The molecule has 0 aliphatic carbocycles. The first kappa shape index (κ1) is 19.9. The van der Waals surface area contributed by atoms with Crippen LogP contribution in [0, 0.1) is 0 Å². The van der Waals surface area contributed by atoms with Crippen LogP contribution in [0.4, 0.5) is 13.2 Å². The van der Waals surface area contributed by atoms with Crippen LogP contribution in [-0.2, 0) is 22.9 Å². The van der Waals surface area contributed by atoms with E-state index in [4.69, 9.17) is 4.74 Å². The number of rotatable bonds is 5. The molecule has 4 rings (SSSR count). The van der Waals surface area contributed by atoms with Crippen molar-refractivity contribution in [1.29, 1.82) is 0 Å². The van der Waals surface area contributed by atoms with Gasteiger partial charge in [0.2, 0.25) is 0 Å². The van der Waals surface area contributed by atoms with E-state index in [2.05, 4.69) is 22.4 Å². The Kier molecular flexibility index (Phi) is 5.56. The molecule has 29 heavy (non-hydrogen) atoms. The van der Waals surface area contributed by atoms with Crippen LogP contribution in [-0.4, -0.2) is 24.7 Å². The molecule has 0 atom stereocenters. The van der Waals surface area contributed by atoms with Crippen LogP contribution in [0.3, 0.4) is 0 Å². The molecule has 2 heterocycles. The van der Waals surface area contributed by atoms with E-state index in [1.54, 1.807) is 18.2 Å². The predicted molar refractivity (Wildman–Crippen MR) is 107 cm³/mol. The molecular formula is C23H23F3N2O. The van der Waals surface area contributed by atoms with Gasteiger partial charge in [0.15, 0.2) is 0 Å². The number of nitrogens with zero attached hydrogens (tertiary/aromatic N) is 1. The second kappa shape index (κ2) is 8.13. The normalized spacial score (nSPS) is 16.8. The number of fused-ring (bicyclic) bond motifs is 1. The predicted octanol–water partition coefficient (Wildman–Crippen LogP) is 5.09. The molecule has 0 saturated carbocycles. The van der Waals surface area contributed by atoms with Gasteiger partial charge in [0.25, 0.3) is 0 Å². The monoisotopic (exact) mass is 400 g/mol. The Morgan fingerprint density at radius 3 is 2.48 bits per heavy atom. The van der Waals surface area contributed by atoms with Crippen molar-refractivity contribution in [3.8, 4) is 0 Å². The number of hydrogen-bond acceptors (Lipinski definition) is 3. The molecule has 0 bridgehead atoms. The summed E-state index contributed by atoms with van der Waals surface area (Å²) < 4.78 is 46.0. The van der Waals surface area contributed by atoms with Gasteiger partial charge in [0.05, 0.1) is 24.3 Å². The zero-order valence-corrected chi connectivity index (χ0v) is 16.0. The van der Waals surface area contributed by atoms with E-state index in [1.165, 1.54) is 11.8 Å². The van der Waals surface area contributed by atoms with E-state index in [9.17, 15) is 13.2 Å². The molecule has 0 amide bonds. The first-order valence-corrected chi connectivity index (χ1v) is 9.77. The molecule has 1 fully saturated rings. The molecule has 1 aliphatic heterocycles. The molecule has 152 valence electrons. The second-order valence-corrected chi connectivity index (χ2v) is 7.60. The van der Waals surface area contributed by atoms with Crippen LogP contribution in [0.25, 0.3) is 10.9 Å². The fourth-order valence-electron chi connectivity index (χ4n) is 4.11. The van der Waals surface area contributed by atoms with Gasteiger partial charge in [-0.1, -0.05) is 36.4 Å². The number of nitrogens with one attached hydrogen (secondary N) is 1. The summed E-state index contributed by atoms with van der Waals surface area (Å²) in [6.45, 7) is 2.66. The molecule has 1 N–H and O–H groups in total. The highest BCUT2D eigenvalue weighted by atomic mass is 19.4. The lowest BCUT2D eigenvalue weighted by Gasteiger charge is -2.38. The third-order valence-corrected chi connectivity index (χ3v) is 5.71. The molecule has 2 aromatic carbocycles. The van der Waals surface area contributed by atoms with E-state index in [-0.39, 0.29) is 17.4 Å². The molecule has 0 unspecified atom stereocenters. The van der Waals surface area contributed by atoms with Crippen LogP contribution in [0.2, 0.25) is 0 Å². The highest BCUT2D eigenvalue weighted by molar-refractivity contribution is 5.83. The topological polar surface area (TPSA) is 34.1 Å². The van der Waals surface area contributed by atoms with Gasteiger partial charge in [0, 0.05) is 17.0 Å². The number of aromatic nitrogens is 1. The lowest BCUT2D eigenvalue weighted by molar-refractivity contribution is -0.136. The Morgan fingerprint density at radius 1 is 1.00 bits per heavy atom. The van der Waals surface area contributed by atoms with E-state index >= 15 is 0 Å². The average Bonchev–Trinajstić information content (AvgIpc) is 2.74. The van der Waals surface area contributed by atoms with Gasteiger partial charge in [-0.25, -0.2) is 0 Å². The summed E-state index contributed by atoms with van der Waals surface area (Å²) in [5, 5.41) is 3.50. The van der Waals surface area contributed by atoms with Gasteiger partial charge in [0.1, 0.15) is 0 Å². The molecule has 1 saturated heterocycles. The van der Waals surface area contributed by atoms with Gasteiger partial charge in [-0.3, -0.25) is 4.98 Å². The van der Waals surface area contributed by atoms with Gasteiger partial charge in [-0.2, -0.15) is 13.2 Å². The summed E-state index contributed by atoms with van der Waals surface area (Å²) in [6, 6.07) is 16.3. The number of piperidine rings is 1. The molecular weight excluding hydrogens is 377 g/mol. The minimum atomic E-state index is -4.41. The summed E-state index contributed by atoms with van der Waals surface area (Å²) in [7, 11) is 0. The van der Waals surface area contributed by atoms with Crippen molar-refractivity contribution in [2.45, 2.75) is 31.0 Å². The van der Waals surface area contributed by atoms with Crippen molar-refractivity contribution < 1.29 is 17.9 Å². The van der Waals surface area contributed by atoms with Gasteiger partial charge in [-0.05, 0) is 55.3 Å². The smallest absolute Gasteiger partial charge is 0.376 e. The highest BCUT2D eigenvalue weighted by Crippen LogP contribution is 2.36. The van der Waals surface area contributed by atoms with Crippen LogP contribution in [0.1, 0.15) is 29.5 Å². The zero-order chi connectivity index (χ0) is 20.3. The van der Waals surface area contributed by atoms with Gasteiger partial charge < -0.3 is 10.1 Å². The fraction of sp³-hybridized carbons (Fsp3) is 0.348. The van der Waals surface area contributed by atoms with Crippen LogP contribution >= 0.6 is 0 Å². The molecule has 0 radical (unpaired) electrons. The maximum Gasteiger partial charge on any atom is 0.417 e. The van der Waals surface area contributed by atoms with Gasteiger partial charge in [-0.15, -0.1) is 0 Å². The maximum atomic E-state index is 13.3. The summed E-state index contributed by atoms with van der Waals surface area (Å²) in [5.41, 5.74) is 1.57. The maximum absolute atomic E-state index is 13.3. The zero-order valence-electron chi connectivity index (χ0n) is 16.0. The minimum Gasteiger partial charge on any atom is -0.376 e. The minimum absolute atomic E-state index is 0.0674. The van der Waals surface area contributed by atoms with Crippen LogP contribution < -0.4 is 5.32 Å². The standard InChI is InChI=1S/C23H23F3N2O/c24-23(25,26)20-8-11-28-21-7-6-17(14-19(20)21)15-29-16-22(9-12-27-13-10-22)18-4-2-1-3-5-18/h1-8,11,14,27H,9-10,12-13,15-16H2. The number of halogens is 3. The third kappa shape index (κ3) is 4.28. The van der Waals surface area contributed by atoms with Crippen molar-refractivity contribution in [2.24, 2.45) is 0 Å². The number of pyridine rings is 1. The Bertz CT molecular complexity index is 967. The largest absolute Gasteiger partial charge is 0.417 e. The molecule has 3 nitrogen and oxygen atoms in total. The average molecular weight is 400 g/mol. The first-order valence-electron chi connectivity index (χ1n) is 9.77. The van der Waals surface area contributed by atoms with Crippen molar-refractivity contribution in [2.75, 3.05) is 19.7 Å². The van der Waals surface area contributed by atoms with Gasteiger partial charge >= 0.3 is 6.18 Å². The Balaban J connectivity index is 1.53. The Hall–Kier alpha value is -2.44. The summed E-state index contributed by atoms with van der Waals surface area (Å²) >= 11 is 0. The quantitative estimate of drug-likeness (QED) is 0.648. The highest BCUT2D eigenvalue weighted by Gasteiger charge is 2.34. The van der Waals surface area contributed by atoms with Crippen LogP contribution in [0.15, 0.2) is 60.8 Å². The summed E-state index contributed by atoms with van der Waals surface area (Å²) in [5.74, 6) is 0. The van der Waals surface area contributed by atoms with Crippen LogP contribution in [0.5, 0.6) is 0 Å². The van der Waals surface area contributed by atoms with E-state index in [1.807, 2.05) is 18.2 Å². The first-order chi connectivity index (χ1) is 14.0. The number of benzene rings is 2. The Labute approximate surface area is 167 Å². The molecule has 0 spiro atoms. The van der Waals surface area contributed by atoms with E-state index in [0.29, 0.717) is 17.7 Å². The van der Waals surface area contributed by atoms with Crippen molar-refractivity contribution in [1.82, 2.24) is 10.3 Å². The SMILES string of the molecule is FC(F)(F)c1ccnc2ccc(COCC3(c4ccccc4)CCNCC3)cc12. The van der Waals surface area contributed by atoms with Crippen molar-refractivity contribution in [3.63, 3.8) is 0 Å². The van der Waals surface area contributed by atoms with E-state index in [0.717, 1.165) is 32.0 Å². The molecule has 1 aliphatic rings. The lowest BCUT2D eigenvalue weighted by atomic mass is 9.74. The Morgan fingerprint density at radius 2 is 1.76 bits per heavy atom. The fourth-order valence-corrected chi connectivity index (χ4v) is 4.11.